The van der Waals surface area contributed by atoms with Crippen molar-refractivity contribution in [1.29, 1.82) is 0 Å². The van der Waals surface area contributed by atoms with E-state index < -0.39 is 0 Å². The van der Waals surface area contributed by atoms with E-state index in [0.717, 1.165) is 11.5 Å². The lowest BCUT2D eigenvalue weighted by Gasteiger charge is -2.11. The van der Waals surface area contributed by atoms with Gasteiger partial charge in [-0.15, -0.1) is 0 Å². The Morgan fingerprint density at radius 2 is 2.24 bits per heavy atom. The van der Waals surface area contributed by atoms with Crippen LogP contribution in [0, 0.1) is 0 Å². The van der Waals surface area contributed by atoms with Crippen LogP contribution in [-0.4, -0.2) is 12.1 Å². The van der Waals surface area contributed by atoms with Crippen LogP contribution in [0.15, 0.2) is 41.0 Å². The lowest BCUT2D eigenvalue weighted by molar-refractivity contribution is 0.393. The first-order chi connectivity index (χ1) is 8.29. The van der Waals surface area contributed by atoms with Gasteiger partial charge in [0.2, 0.25) is 5.88 Å². The topological polar surface area (TPSA) is 47.3 Å². The Morgan fingerprint density at radius 3 is 2.94 bits per heavy atom. The zero-order valence-electron chi connectivity index (χ0n) is 10.0. The first kappa shape index (κ1) is 11.7. The van der Waals surface area contributed by atoms with Crippen LogP contribution in [0.1, 0.15) is 24.4 Å². The summed E-state index contributed by atoms with van der Waals surface area (Å²) in [5, 5.41) is 3.34. The van der Waals surface area contributed by atoms with Gasteiger partial charge in [-0.25, -0.2) is 4.98 Å². The van der Waals surface area contributed by atoms with E-state index >= 15 is 0 Å². The maximum Gasteiger partial charge on any atom is 0.213 e. The first-order valence-corrected chi connectivity index (χ1v) is 5.56. The molecule has 0 bridgehead atoms. The summed E-state index contributed by atoms with van der Waals surface area (Å²) in [5.41, 5.74) is 0.947. The summed E-state index contributed by atoms with van der Waals surface area (Å²) in [4.78, 5) is 4.33. The molecule has 17 heavy (non-hydrogen) atoms. The lowest BCUT2D eigenvalue weighted by Crippen LogP contribution is -2.18. The van der Waals surface area contributed by atoms with Gasteiger partial charge in [-0.3, -0.25) is 0 Å². The van der Waals surface area contributed by atoms with Gasteiger partial charge in [0.25, 0.3) is 0 Å². The van der Waals surface area contributed by atoms with Crippen molar-refractivity contribution >= 4 is 0 Å². The Labute approximate surface area is 101 Å². The fourth-order valence-electron chi connectivity index (χ4n) is 1.57. The normalized spacial score (nSPS) is 12.4. The Morgan fingerprint density at radius 1 is 1.35 bits per heavy atom. The maximum absolute atomic E-state index is 5.32. The highest BCUT2D eigenvalue weighted by molar-refractivity contribution is 5.15. The monoisotopic (exact) mass is 232 g/mol. The molecule has 0 aromatic carbocycles. The number of furan rings is 1. The van der Waals surface area contributed by atoms with Gasteiger partial charge in [0, 0.05) is 12.6 Å². The third-order valence-corrected chi connectivity index (χ3v) is 2.55. The van der Waals surface area contributed by atoms with Gasteiger partial charge in [-0.2, -0.15) is 0 Å². The summed E-state index contributed by atoms with van der Waals surface area (Å²) in [6.07, 6.45) is 1.68. The third kappa shape index (κ3) is 3.07. The molecule has 0 unspecified atom stereocenters. The maximum atomic E-state index is 5.32. The Balaban J connectivity index is 1.93. The summed E-state index contributed by atoms with van der Waals surface area (Å²) in [7, 11) is 1.62. The van der Waals surface area contributed by atoms with Crippen LogP contribution in [0.25, 0.3) is 0 Å². The molecule has 4 nitrogen and oxygen atoms in total. The van der Waals surface area contributed by atoms with Crippen molar-refractivity contribution in [3.05, 3.63) is 48.0 Å². The minimum Gasteiger partial charge on any atom is -0.481 e. The smallest absolute Gasteiger partial charge is 0.213 e. The van der Waals surface area contributed by atoms with Crippen LogP contribution in [0.2, 0.25) is 0 Å². The standard InChI is InChI=1S/C13H16N2O2/c1-10(12-6-4-8-17-12)14-9-11-5-3-7-13(15-11)16-2/h3-8,10,14H,9H2,1-2H3/t10-/m1/s1. The van der Waals surface area contributed by atoms with Crippen LogP contribution >= 0.6 is 0 Å². The molecular weight excluding hydrogens is 216 g/mol. The second kappa shape index (κ2) is 5.50. The van der Waals surface area contributed by atoms with Gasteiger partial charge in [0.1, 0.15) is 5.76 Å². The van der Waals surface area contributed by atoms with Gasteiger partial charge in [0.05, 0.1) is 25.1 Å². The van der Waals surface area contributed by atoms with E-state index in [2.05, 4.69) is 17.2 Å². The molecule has 0 saturated heterocycles. The molecule has 0 radical (unpaired) electrons. The van der Waals surface area contributed by atoms with Crippen molar-refractivity contribution in [3.8, 4) is 5.88 Å². The highest BCUT2D eigenvalue weighted by atomic mass is 16.5. The summed E-state index contributed by atoms with van der Waals surface area (Å²) in [6, 6.07) is 9.73. The Hall–Kier alpha value is -1.81. The number of ether oxygens (including phenoxy) is 1. The molecule has 0 saturated carbocycles. The highest BCUT2D eigenvalue weighted by Crippen LogP contribution is 2.13. The van der Waals surface area contributed by atoms with Gasteiger partial charge in [-0.1, -0.05) is 6.07 Å². The summed E-state index contributed by atoms with van der Waals surface area (Å²) < 4.78 is 10.4. The molecule has 0 amide bonds. The van der Waals surface area contributed by atoms with Gasteiger partial charge < -0.3 is 14.5 Å². The van der Waals surface area contributed by atoms with Gasteiger partial charge >= 0.3 is 0 Å². The van der Waals surface area contributed by atoms with Crippen LogP contribution in [0.4, 0.5) is 0 Å². The summed E-state index contributed by atoms with van der Waals surface area (Å²) in [6.45, 7) is 2.73. The molecule has 0 aliphatic carbocycles. The number of pyridine rings is 1. The number of hydrogen-bond donors (Lipinski definition) is 1. The number of rotatable bonds is 5. The molecule has 0 fully saturated rings. The molecule has 2 rings (SSSR count). The number of nitrogens with zero attached hydrogens (tertiary/aromatic N) is 1. The van der Waals surface area contributed by atoms with Crippen molar-refractivity contribution in [3.63, 3.8) is 0 Å². The minimum atomic E-state index is 0.165. The fourth-order valence-corrected chi connectivity index (χ4v) is 1.57. The molecule has 4 heteroatoms. The molecule has 1 N–H and O–H groups in total. The predicted octanol–water partition coefficient (Wildman–Crippen LogP) is 2.53. The molecule has 0 aliphatic heterocycles. The zero-order chi connectivity index (χ0) is 12.1. The van der Waals surface area contributed by atoms with Crippen molar-refractivity contribution in [2.24, 2.45) is 0 Å². The quantitative estimate of drug-likeness (QED) is 0.860. The molecule has 0 aliphatic rings. The fraction of sp³-hybridized carbons (Fsp3) is 0.308. The Bertz CT molecular complexity index is 454. The van der Waals surface area contributed by atoms with E-state index in [1.165, 1.54) is 0 Å². The largest absolute Gasteiger partial charge is 0.481 e. The molecule has 2 aromatic rings. The third-order valence-electron chi connectivity index (χ3n) is 2.55. The van der Waals surface area contributed by atoms with Crippen molar-refractivity contribution in [2.75, 3.05) is 7.11 Å². The highest BCUT2D eigenvalue weighted by Gasteiger charge is 2.07. The average molecular weight is 232 g/mol. The number of hydrogen-bond acceptors (Lipinski definition) is 4. The van der Waals surface area contributed by atoms with Crippen LogP contribution < -0.4 is 10.1 Å². The van der Waals surface area contributed by atoms with Crippen LogP contribution in [0.3, 0.4) is 0 Å². The lowest BCUT2D eigenvalue weighted by atomic mass is 10.2. The van der Waals surface area contributed by atoms with Crippen LogP contribution in [-0.2, 0) is 6.54 Å². The van der Waals surface area contributed by atoms with Crippen LogP contribution in [0.5, 0.6) is 5.88 Å². The minimum absolute atomic E-state index is 0.165. The molecular formula is C13H16N2O2. The van der Waals surface area contributed by atoms with E-state index in [1.807, 2.05) is 30.3 Å². The second-order valence-electron chi connectivity index (χ2n) is 3.79. The van der Waals surface area contributed by atoms with Crippen molar-refractivity contribution in [2.45, 2.75) is 19.5 Å². The second-order valence-corrected chi connectivity index (χ2v) is 3.79. The number of methoxy groups -OCH3 is 1. The molecule has 2 aromatic heterocycles. The molecule has 1 atom stereocenters. The van der Waals surface area contributed by atoms with E-state index in [1.54, 1.807) is 13.4 Å². The van der Waals surface area contributed by atoms with Crippen molar-refractivity contribution < 1.29 is 9.15 Å². The summed E-state index contributed by atoms with van der Waals surface area (Å²) >= 11 is 0. The van der Waals surface area contributed by atoms with E-state index in [0.29, 0.717) is 12.4 Å². The molecule has 0 spiro atoms. The van der Waals surface area contributed by atoms with E-state index in [-0.39, 0.29) is 6.04 Å². The molecule has 2 heterocycles. The first-order valence-electron chi connectivity index (χ1n) is 5.56. The zero-order valence-corrected chi connectivity index (χ0v) is 10.0. The summed E-state index contributed by atoms with van der Waals surface area (Å²) in [5.74, 6) is 1.56. The number of nitrogens with one attached hydrogen (secondary N) is 1. The van der Waals surface area contributed by atoms with E-state index in [9.17, 15) is 0 Å². The van der Waals surface area contributed by atoms with Gasteiger partial charge in [-0.05, 0) is 25.1 Å². The number of aromatic nitrogens is 1. The average Bonchev–Trinajstić information content (AvgIpc) is 2.90. The Kier molecular flexibility index (Phi) is 3.77. The van der Waals surface area contributed by atoms with Crippen molar-refractivity contribution in [1.82, 2.24) is 10.3 Å². The van der Waals surface area contributed by atoms with E-state index in [4.69, 9.17) is 9.15 Å². The molecule has 90 valence electrons. The predicted molar refractivity (Wildman–Crippen MR) is 64.8 cm³/mol. The van der Waals surface area contributed by atoms with Gasteiger partial charge in [0.15, 0.2) is 0 Å². The SMILES string of the molecule is COc1cccc(CN[C@H](C)c2ccco2)n1.